The number of carbonyl (C=O) groups excluding carboxylic acids is 1. The minimum absolute atomic E-state index is 0.0712. The van der Waals surface area contributed by atoms with Gasteiger partial charge in [0.05, 0.1) is 12.0 Å². The van der Waals surface area contributed by atoms with Crippen LogP contribution in [-0.2, 0) is 9.59 Å². The maximum atomic E-state index is 12.3. The van der Waals surface area contributed by atoms with Gasteiger partial charge in [0.25, 0.3) is 0 Å². The molecule has 0 aliphatic carbocycles. The van der Waals surface area contributed by atoms with E-state index >= 15 is 0 Å². The largest absolute Gasteiger partial charge is 0.481 e. The van der Waals surface area contributed by atoms with Gasteiger partial charge in [0, 0.05) is 21.7 Å². The van der Waals surface area contributed by atoms with Crippen LogP contribution in [0.2, 0.25) is 0 Å². The van der Waals surface area contributed by atoms with Gasteiger partial charge in [0.1, 0.15) is 0 Å². The summed E-state index contributed by atoms with van der Waals surface area (Å²) in [5, 5.41) is 9.47. The topological polar surface area (TPSA) is 57.6 Å². The van der Waals surface area contributed by atoms with Gasteiger partial charge in [-0.15, -0.1) is 11.3 Å². The predicted octanol–water partition coefficient (Wildman–Crippen LogP) is 3.14. The van der Waals surface area contributed by atoms with Crippen molar-refractivity contribution in [2.75, 3.05) is 0 Å². The van der Waals surface area contributed by atoms with Crippen LogP contribution in [0.1, 0.15) is 48.6 Å². The average Bonchev–Trinajstić information content (AvgIpc) is 2.77. The van der Waals surface area contributed by atoms with Crippen molar-refractivity contribution in [2.24, 2.45) is 5.92 Å². The first-order chi connectivity index (χ1) is 9.12. The lowest BCUT2D eigenvalue weighted by molar-refractivity contribution is -0.142. The molecule has 1 aromatic heterocycles. The summed E-state index contributed by atoms with van der Waals surface area (Å²) in [4.78, 5) is 27.8. The Morgan fingerprint density at radius 2 is 2.00 bits per heavy atom. The first-order valence-electron chi connectivity index (χ1n) is 6.75. The highest BCUT2D eigenvalue weighted by atomic mass is 32.1. The molecular weight excluding hydrogens is 274 g/mol. The highest BCUT2D eigenvalue weighted by molar-refractivity contribution is 7.12. The second-order valence-corrected chi connectivity index (χ2v) is 7.86. The van der Waals surface area contributed by atoms with E-state index in [1.165, 1.54) is 0 Å². The van der Waals surface area contributed by atoms with Crippen LogP contribution in [0, 0.1) is 19.8 Å². The molecule has 20 heavy (non-hydrogen) atoms. The number of amides is 1. The second kappa shape index (κ2) is 4.88. The van der Waals surface area contributed by atoms with E-state index in [-0.39, 0.29) is 23.9 Å². The molecule has 0 aromatic carbocycles. The molecule has 1 aliphatic heterocycles. The molecule has 1 amide bonds. The fourth-order valence-corrected chi connectivity index (χ4v) is 4.01. The Bertz CT molecular complexity index is 556. The Labute approximate surface area is 123 Å². The van der Waals surface area contributed by atoms with Crippen molar-refractivity contribution in [3.63, 3.8) is 0 Å². The fraction of sp³-hybridized carbons (Fsp3) is 0.600. The minimum Gasteiger partial charge on any atom is -0.481 e. The van der Waals surface area contributed by atoms with Crippen LogP contribution in [0.4, 0.5) is 0 Å². The average molecular weight is 295 g/mol. The Morgan fingerprint density at radius 1 is 1.40 bits per heavy atom. The summed E-state index contributed by atoms with van der Waals surface area (Å²) in [7, 11) is 0. The number of rotatable bonds is 2. The van der Waals surface area contributed by atoms with Crippen LogP contribution in [0.25, 0.3) is 0 Å². The number of carbonyl (C=O) groups is 2. The smallest absolute Gasteiger partial charge is 0.309 e. The Morgan fingerprint density at radius 3 is 2.40 bits per heavy atom. The summed E-state index contributed by atoms with van der Waals surface area (Å²) >= 11 is 1.65. The highest BCUT2D eigenvalue weighted by Gasteiger charge is 2.49. The van der Waals surface area contributed by atoms with Gasteiger partial charge in [-0.25, -0.2) is 0 Å². The van der Waals surface area contributed by atoms with Crippen LogP contribution in [0.3, 0.4) is 0 Å². The molecule has 2 atom stereocenters. The lowest BCUT2D eigenvalue weighted by Gasteiger charge is -2.38. The number of carboxylic acids is 1. The molecule has 1 N–H and O–H groups in total. The summed E-state index contributed by atoms with van der Waals surface area (Å²) in [6.45, 7) is 9.87. The zero-order chi connectivity index (χ0) is 15.2. The molecule has 4 nitrogen and oxygen atoms in total. The zero-order valence-electron chi connectivity index (χ0n) is 12.6. The number of nitrogens with zero attached hydrogens (tertiary/aromatic N) is 1. The number of hydrogen-bond acceptors (Lipinski definition) is 3. The standard InChI is InChI=1S/C15H21NO3S/c1-8-6-10(9(2)20-8)13-11(14(18)19)7-12(17)16(13)15(3,4)5/h6,11,13H,7H2,1-5H3,(H,18,19). The third-order valence-electron chi connectivity index (χ3n) is 3.76. The van der Waals surface area contributed by atoms with Crippen molar-refractivity contribution in [2.45, 2.75) is 52.6 Å². The Hall–Kier alpha value is -1.36. The van der Waals surface area contributed by atoms with Gasteiger partial charge in [-0.3, -0.25) is 9.59 Å². The second-order valence-electron chi connectivity index (χ2n) is 6.40. The van der Waals surface area contributed by atoms with Gasteiger partial charge >= 0.3 is 5.97 Å². The van der Waals surface area contributed by atoms with Crippen LogP contribution in [-0.4, -0.2) is 27.4 Å². The lowest BCUT2D eigenvalue weighted by Crippen LogP contribution is -2.44. The van der Waals surface area contributed by atoms with Crippen LogP contribution < -0.4 is 0 Å². The normalized spacial score (nSPS) is 23.4. The molecule has 1 fully saturated rings. The van der Waals surface area contributed by atoms with Crippen LogP contribution >= 0.6 is 11.3 Å². The maximum absolute atomic E-state index is 12.3. The first-order valence-corrected chi connectivity index (χ1v) is 7.56. The van der Waals surface area contributed by atoms with E-state index in [1.54, 1.807) is 16.2 Å². The summed E-state index contributed by atoms with van der Waals surface area (Å²) < 4.78 is 0. The first kappa shape index (κ1) is 15.0. The van der Waals surface area contributed by atoms with Crippen molar-refractivity contribution in [3.05, 3.63) is 21.4 Å². The molecule has 1 aliphatic rings. The molecule has 0 spiro atoms. The molecule has 0 radical (unpaired) electrons. The van der Waals surface area contributed by atoms with Gasteiger partial charge in [-0.1, -0.05) is 0 Å². The van der Waals surface area contributed by atoms with Crippen LogP contribution in [0.15, 0.2) is 6.07 Å². The fourth-order valence-electron chi connectivity index (χ4n) is 3.05. The number of thiophene rings is 1. The van der Waals surface area contributed by atoms with E-state index < -0.39 is 11.9 Å². The number of hydrogen-bond donors (Lipinski definition) is 1. The molecule has 0 bridgehead atoms. The van der Waals surface area contributed by atoms with Gasteiger partial charge in [-0.05, 0) is 46.2 Å². The van der Waals surface area contributed by atoms with Crippen molar-refractivity contribution in [1.29, 1.82) is 0 Å². The van der Waals surface area contributed by atoms with E-state index in [4.69, 9.17) is 0 Å². The molecule has 1 saturated heterocycles. The van der Waals surface area contributed by atoms with Gasteiger partial charge in [0.15, 0.2) is 0 Å². The lowest BCUT2D eigenvalue weighted by atomic mass is 9.92. The number of carboxylic acid groups (broad SMARTS) is 1. The molecule has 2 rings (SSSR count). The van der Waals surface area contributed by atoms with Crippen molar-refractivity contribution < 1.29 is 14.7 Å². The number of aliphatic carboxylic acids is 1. The van der Waals surface area contributed by atoms with Crippen LogP contribution in [0.5, 0.6) is 0 Å². The molecule has 2 heterocycles. The Balaban J connectivity index is 2.55. The molecule has 110 valence electrons. The van der Waals surface area contributed by atoms with E-state index in [0.29, 0.717) is 0 Å². The quantitative estimate of drug-likeness (QED) is 0.912. The van der Waals surface area contributed by atoms with Crippen molar-refractivity contribution in [3.8, 4) is 0 Å². The number of likely N-dealkylation sites (tertiary alicyclic amines) is 1. The molecule has 0 saturated carbocycles. The predicted molar refractivity (Wildman–Crippen MR) is 78.9 cm³/mol. The third kappa shape index (κ3) is 2.46. The van der Waals surface area contributed by atoms with E-state index in [9.17, 15) is 14.7 Å². The van der Waals surface area contributed by atoms with Crippen molar-refractivity contribution in [1.82, 2.24) is 4.90 Å². The minimum atomic E-state index is -0.890. The maximum Gasteiger partial charge on any atom is 0.309 e. The third-order valence-corrected chi connectivity index (χ3v) is 4.74. The molecule has 2 unspecified atom stereocenters. The molecule has 5 heteroatoms. The molecule has 1 aromatic rings. The van der Waals surface area contributed by atoms with E-state index in [0.717, 1.165) is 15.3 Å². The van der Waals surface area contributed by atoms with Gasteiger partial charge < -0.3 is 10.0 Å². The summed E-state index contributed by atoms with van der Waals surface area (Å²) in [6, 6.07) is 1.67. The summed E-state index contributed by atoms with van der Waals surface area (Å²) in [5.41, 5.74) is 0.606. The summed E-state index contributed by atoms with van der Waals surface area (Å²) in [5.74, 6) is -1.62. The SMILES string of the molecule is Cc1cc(C2C(C(=O)O)CC(=O)N2C(C)(C)C)c(C)s1. The summed E-state index contributed by atoms with van der Waals surface area (Å²) in [6.07, 6.45) is 0.0889. The monoisotopic (exact) mass is 295 g/mol. The van der Waals surface area contributed by atoms with E-state index in [1.807, 2.05) is 40.7 Å². The van der Waals surface area contributed by atoms with E-state index in [2.05, 4.69) is 0 Å². The zero-order valence-corrected chi connectivity index (χ0v) is 13.4. The number of aryl methyl sites for hydroxylation is 2. The Kier molecular flexibility index (Phi) is 3.67. The highest BCUT2D eigenvalue weighted by Crippen LogP contribution is 2.45. The van der Waals surface area contributed by atoms with Gasteiger partial charge in [-0.2, -0.15) is 0 Å². The van der Waals surface area contributed by atoms with Gasteiger partial charge in [0.2, 0.25) is 5.91 Å². The molecular formula is C15H21NO3S. The van der Waals surface area contributed by atoms with Crippen molar-refractivity contribution >= 4 is 23.2 Å².